The SMILES string of the molecule is CC1(C)Oc2ccc(C#N)cc2C(n2ccc(CC(CO[N+](=O)[O-])O[N+](=O)[O-])cc2=O)C1O. The third-order valence-electron chi connectivity index (χ3n) is 5.22. The van der Waals surface area contributed by atoms with Crippen LogP contribution < -0.4 is 10.3 Å². The highest BCUT2D eigenvalue weighted by Gasteiger charge is 2.44. The molecule has 1 aliphatic heterocycles. The Morgan fingerprint density at radius 2 is 2.00 bits per heavy atom. The minimum absolute atomic E-state index is 0.206. The van der Waals surface area contributed by atoms with Crippen molar-refractivity contribution in [3.63, 3.8) is 0 Å². The molecular weight excluding hydrogens is 440 g/mol. The first-order valence-corrected chi connectivity index (χ1v) is 9.72. The number of benzene rings is 1. The van der Waals surface area contributed by atoms with Gasteiger partial charge in [0.25, 0.3) is 15.7 Å². The van der Waals surface area contributed by atoms with Crippen LogP contribution in [0.4, 0.5) is 0 Å². The van der Waals surface area contributed by atoms with Gasteiger partial charge in [0.2, 0.25) is 0 Å². The second kappa shape index (κ2) is 9.13. The van der Waals surface area contributed by atoms with Gasteiger partial charge in [-0.25, -0.2) is 0 Å². The second-order valence-corrected chi connectivity index (χ2v) is 7.91. The predicted molar refractivity (Wildman–Crippen MR) is 109 cm³/mol. The molecule has 0 radical (unpaired) electrons. The molecule has 3 unspecified atom stereocenters. The van der Waals surface area contributed by atoms with E-state index >= 15 is 0 Å². The summed E-state index contributed by atoms with van der Waals surface area (Å²) in [4.78, 5) is 42.6. The molecule has 1 N–H and O–H groups in total. The van der Waals surface area contributed by atoms with Gasteiger partial charge in [-0.15, -0.1) is 20.2 Å². The highest BCUT2D eigenvalue weighted by molar-refractivity contribution is 5.46. The van der Waals surface area contributed by atoms with Crippen molar-refractivity contribution >= 4 is 0 Å². The van der Waals surface area contributed by atoms with Crippen LogP contribution >= 0.6 is 0 Å². The molecule has 0 bridgehead atoms. The maximum Gasteiger partial charge on any atom is 0.294 e. The van der Waals surface area contributed by atoms with Gasteiger partial charge in [0.1, 0.15) is 30.2 Å². The second-order valence-electron chi connectivity index (χ2n) is 7.91. The van der Waals surface area contributed by atoms with Gasteiger partial charge >= 0.3 is 0 Å². The van der Waals surface area contributed by atoms with E-state index in [0.29, 0.717) is 22.4 Å². The lowest BCUT2D eigenvalue weighted by Gasteiger charge is -2.42. The van der Waals surface area contributed by atoms with Gasteiger partial charge in [-0.3, -0.25) is 4.79 Å². The maximum atomic E-state index is 13.0. The highest BCUT2D eigenvalue weighted by atomic mass is 17.0. The number of pyridine rings is 1. The molecule has 33 heavy (non-hydrogen) atoms. The predicted octanol–water partition coefficient (Wildman–Crippen LogP) is 1.17. The van der Waals surface area contributed by atoms with Gasteiger partial charge in [-0.2, -0.15) is 5.26 Å². The Bertz CT molecular complexity index is 1170. The zero-order valence-corrected chi connectivity index (χ0v) is 17.6. The number of fused-ring (bicyclic) bond motifs is 1. The fraction of sp³-hybridized carbons (Fsp3) is 0.400. The van der Waals surface area contributed by atoms with E-state index in [1.54, 1.807) is 26.0 Å². The molecule has 1 aromatic heterocycles. The Hall–Kier alpha value is -4.18. The van der Waals surface area contributed by atoms with E-state index in [1.165, 1.54) is 29.0 Å². The zero-order valence-electron chi connectivity index (χ0n) is 17.6. The summed E-state index contributed by atoms with van der Waals surface area (Å²) in [5.74, 6) is 0.418. The van der Waals surface area contributed by atoms with E-state index in [4.69, 9.17) is 4.74 Å². The summed E-state index contributed by atoms with van der Waals surface area (Å²) in [6.07, 6.45) is -1.27. The monoisotopic (exact) mass is 460 g/mol. The summed E-state index contributed by atoms with van der Waals surface area (Å²) in [5.41, 5.74) is -0.511. The minimum atomic E-state index is -1.31. The van der Waals surface area contributed by atoms with Gasteiger partial charge in [0.15, 0.2) is 0 Å². The van der Waals surface area contributed by atoms with Gasteiger partial charge < -0.3 is 24.1 Å². The molecule has 2 aromatic rings. The summed E-state index contributed by atoms with van der Waals surface area (Å²) in [7, 11) is 0. The first-order valence-electron chi connectivity index (χ1n) is 9.72. The largest absolute Gasteiger partial charge is 0.485 e. The molecular formula is C20H20N4O9. The number of hydrogen-bond donors (Lipinski definition) is 1. The number of aromatic nitrogens is 1. The van der Waals surface area contributed by atoms with E-state index < -0.39 is 46.2 Å². The molecule has 0 saturated carbocycles. The fourth-order valence-corrected chi connectivity index (χ4v) is 3.68. The van der Waals surface area contributed by atoms with Crippen LogP contribution in [0.15, 0.2) is 41.3 Å². The molecule has 3 rings (SSSR count). The van der Waals surface area contributed by atoms with E-state index in [9.17, 15) is 35.4 Å². The van der Waals surface area contributed by atoms with Crippen LogP contribution in [-0.4, -0.2) is 44.3 Å². The fourth-order valence-electron chi connectivity index (χ4n) is 3.68. The van der Waals surface area contributed by atoms with Crippen molar-refractivity contribution < 1.29 is 29.7 Å². The van der Waals surface area contributed by atoms with Crippen molar-refractivity contribution in [1.29, 1.82) is 5.26 Å². The molecule has 2 heterocycles. The third kappa shape index (κ3) is 5.18. The van der Waals surface area contributed by atoms with Crippen molar-refractivity contribution in [2.75, 3.05) is 6.61 Å². The standard InChI is InChI=1S/C20H20N4O9/c1-20(2)19(26)18(15-8-13(10-21)3-4-16(15)32-20)22-6-5-12(9-17(22)25)7-14(33-24(29)30)11-31-23(27)28/h3-6,8-9,14,18-19,26H,7,11H2,1-2H3. The summed E-state index contributed by atoms with van der Waals surface area (Å²) < 4.78 is 7.13. The molecule has 0 amide bonds. The van der Waals surface area contributed by atoms with Crippen LogP contribution in [0.3, 0.4) is 0 Å². The van der Waals surface area contributed by atoms with E-state index in [0.717, 1.165) is 0 Å². The number of aliphatic hydroxyl groups is 1. The van der Waals surface area contributed by atoms with Crippen LogP contribution in [-0.2, 0) is 16.1 Å². The summed E-state index contributed by atoms with van der Waals surface area (Å²) in [6, 6.07) is 8.51. The Kier molecular flexibility index (Phi) is 6.50. The molecule has 3 atom stereocenters. The minimum Gasteiger partial charge on any atom is -0.485 e. The highest BCUT2D eigenvalue weighted by Crippen LogP contribution is 2.41. The van der Waals surface area contributed by atoms with Crippen molar-refractivity contribution in [3.05, 3.63) is 83.8 Å². The Morgan fingerprint density at radius 1 is 1.27 bits per heavy atom. The number of rotatable bonds is 8. The number of hydrogen-bond acceptors (Lipinski definition) is 10. The summed E-state index contributed by atoms with van der Waals surface area (Å²) >= 11 is 0. The van der Waals surface area contributed by atoms with Gasteiger partial charge in [-0.1, -0.05) is 0 Å². The first-order chi connectivity index (χ1) is 15.5. The van der Waals surface area contributed by atoms with Crippen molar-refractivity contribution in [3.8, 4) is 11.8 Å². The number of aliphatic hydroxyl groups excluding tert-OH is 1. The van der Waals surface area contributed by atoms with Crippen LogP contribution in [0.5, 0.6) is 5.75 Å². The molecule has 13 heteroatoms. The van der Waals surface area contributed by atoms with Crippen molar-refractivity contribution in [2.24, 2.45) is 0 Å². The Balaban J connectivity index is 1.96. The van der Waals surface area contributed by atoms with E-state index in [1.807, 2.05) is 6.07 Å². The molecule has 0 spiro atoms. The number of ether oxygens (including phenoxy) is 1. The van der Waals surface area contributed by atoms with Crippen molar-refractivity contribution in [1.82, 2.24) is 4.57 Å². The number of nitriles is 1. The van der Waals surface area contributed by atoms with Crippen LogP contribution in [0.2, 0.25) is 0 Å². The van der Waals surface area contributed by atoms with Gasteiger partial charge in [0.05, 0.1) is 17.7 Å². The molecule has 0 saturated heterocycles. The molecule has 1 aliphatic rings. The van der Waals surface area contributed by atoms with E-state index in [2.05, 4.69) is 9.68 Å². The Morgan fingerprint density at radius 3 is 2.61 bits per heavy atom. The Labute approximate surface area is 186 Å². The molecule has 174 valence electrons. The van der Waals surface area contributed by atoms with Crippen LogP contribution in [0, 0.1) is 31.6 Å². The zero-order chi connectivity index (χ0) is 24.3. The van der Waals surface area contributed by atoms with Crippen LogP contribution in [0.1, 0.15) is 36.6 Å². The topological polar surface area (TPSA) is 180 Å². The maximum absolute atomic E-state index is 13.0. The van der Waals surface area contributed by atoms with Gasteiger partial charge in [0, 0.05) is 24.2 Å². The van der Waals surface area contributed by atoms with Gasteiger partial charge in [-0.05, 0) is 43.7 Å². The average Bonchev–Trinajstić information content (AvgIpc) is 2.73. The lowest BCUT2D eigenvalue weighted by Crippen LogP contribution is -2.52. The smallest absolute Gasteiger partial charge is 0.294 e. The quantitative estimate of drug-likeness (QED) is 0.443. The molecule has 0 aliphatic carbocycles. The van der Waals surface area contributed by atoms with Crippen molar-refractivity contribution in [2.45, 2.75) is 44.1 Å². The normalized spacial score (nSPS) is 19.3. The average molecular weight is 460 g/mol. The van der Waals surface area contributed by atoms with Crippen LogP contribution in [0.25, 0.3) is 0 Å². The lowest BCUT2D eigenvalue weighted by atomic mass is 9.85. The lowest BCUT2D eigenvalue weighted by molar-refractivity contribution is -0.789. The number of nitrogens with zero attached hydrogens (tertiary/aromatic N) is 4. The first kappa shape index (κ1) is 23.5. The summed E-state index contributed by atoms with van der Waals surface area (Å²) in [5, 5.41) is 39.1. The molecule has 1 aromatic carbocycles. The molecule has 0 fully saturated rings. The molecule has 13 nitrogen and oxygen atoms in total. The third-order valence-corrected chi connectivity index (χ3v) is 5.22. The summed E-state index contributed by atoms with van der Waals surface area (Å²) in [6.45, 7) is 2.63. The van der Waals surface area contributed by atoms with E-state index in [-0.39, 0.29) is 6.42 Å².